The Hall–Kier alpha value is -2.01. The summed E-state index contributed by atoms with van der Waals surface area (Å²) in [6, 6.07) is 6.38. The maximum Gasteiger partial charge on any atom is 0.123 e. The second kappa shape index (κ2) is 8.44. The highest BCUT2D eigenvalue weighted by Gasteiger charge is 2.08. The second-order valence-electron chi connectivity index (χ2n) is 5.29. The lowest BCUT2D eigenvalue weighted by Gasteiger charge is -2.04. The van der Waals surface area contributed by atoms with E-state index in [1.165, 1.54) is 31.4 Å². The maximum absolute atomic E-state index is 12.9. The number of aryl methyl sites for hydroxylation is 1. The molecule has 1 aromatic heterocycles. The van der Waals surface area contributed by atoms with Crippen molar-refractivity contribution in [2.75, 3.05) is 0 Å². The van der Waals surface area contributed by atoms with Crippen LogP contribution in [-0.2, 0) is 13.1 Å². The monoisotopic (exact) mass is 302 g/mol. The molecule has 0 saturated carbocycles. The van der Waals surface area contributed by atoms with E-state index in [1.54, 1.807) is 12.1 Å². The largest absolute Gasteiger partial charge is 0.325 e. The minimum atomic E-state index is -0.234. The molecule has 0 spiro atoms. The van der Waals surface area contributed by atoms with Gasteiger partial charge in [0.2, 0.25) is 0 Å². The molecule has 1 heterocycles. The Labute approximate surface area is 130 Å². The van der Waals surface area contributed by atoms with Crippen molar-refractivity contribution in [3.63, 3.8) is 0 Å². The Kier molecular flexibility index (Phi) is 6.27. The molecule has 22 heavy (non-hydrogen) atoms. The molecular formula is C17H23FN4. The normalized spacial score (nSPS) is 11.4. The predicted octanol–water partition coefficient (Wildman–Crippen LogP) is 3.63. The summed E-state index contributed by atoms with van der Waals surface area (Å²) < 4.78 is 14.8. The summed E-state index contributed by atoms with van der Waals surface area (Å²) in [6.07, 6.45) is 8.60. The van der Waals surface area contributed by atoms with E-state index in [0.29, 0.717) is 6.54 Å². The van der Waals surface area contributed by atoms with Crippen LogP contribution in [-0.4, -0.2) is 15.0 Å². The van der Waals surface area contributed by atoms with Crippen molar-refractivity contribution in [1.82, 2.24) is 15.0 Å². The fourth-order valence-electron chi connectivity index (χ4n) is 2.29. The Morgan fingerprint density at radius 1 is 1.14 bits per heavy atom. The summed E-state index contributed by atoms with van der Waals surface area (Å²) in [5.74, 6) is -0.234. The molecule has 0 aliphatic heterocycles. The van der Waals surface area contributed by atoms with E-state index in [0.717, 1.165) is 29.9 Å². The van der Waals surface area contributed by atoms with Gasteiger partial charge in [-0.05, 0) is 30.2 Å². The lowest BCUT2D eigenvalue weighted by Crippen LogP contribution is -2.04. The van der Waals surface area contributed by atoms with Crippen LogP contribution >= 0.6 is 0 Å². The highest BCUT2D eigenvalue weighted by molar-refractivity contribution is 5.68. The number of aromatic nitrogens is 3. The van der Waals surface area contributed by atoms with E-state index in [1.807, 2.05) is 16.8 Å². The molecule has 0 aliphatic rings. The lowest BCUT2D eigenvalue weighted by atomic mass is 10.1. The zero-order valence-corrected chi connectivity index (χ0v) is 13.0. The van der Waals surface area contributed by atoms with Gasteiger partial charge in [-0.1, -0.05) is 49.6 Å². The molecule has 0 fully saturated rings. The van der Waals surface area contributed by atoms with E-state index in [2.05, 4.69) is 17.2 Å². The molecule has 2 rings (SSSR count). The standard InChI is InChI=1S/C17H23FN4/c1-2-3-4-5-12-22-17(16(13-19)20-21-22)11-8-14-6-9-15(18)10-7-14/h6-11H,2-5,12-13,19H2,1H3/b11-8+. The summed E-state index contributed by atoms with van der Waals surface area (Å²) >= 11 is 0. The van der Waals surface area contributed by atoms with Gasteiger partial charge in [0.15, 0.2) is 0 Å². The molecule has 0 saturated heterocycles. The molecule has 0 atom stereocenters. The summed E-state index contributed by atoms with van der Waals surface area (Å²) in [7, 11) is 0. The van der Waals surface area contributed by atoms with Crippen LogP contribution in [0.4, 0.5) is 4.39 Å². The molecule has 0 unspecified atom stereocenters. The van der Waals surface area contributed by atoms with Crippen molar-refractivity contribution in [3.05, 3.63) is 47.0 Å². The maximum atomic E-state index is 12.9. The summed E-state index contributed by atoms with van der Waals surface area (Å²) in [6.45, 7) is 3.40. The minimum Gasteiger partial charge on any atom is -0.325 e. The average Bonchev–Trinajstić information content (AvgIpc) is 2.93. The van der Waals surface area contributed by atoms with Crippen LogP contribution in [0.1, 0.15) is 49.6 Å². The Morgan fingerprint density at radius 2 is 1.91 bits per heavy atom. The van der Waals surface area contributed by atoms with Gasteiger partial charge in [-0.2, -0.15) is 0 Å². The zero-order valence-electron chi connectivity index (χ0n) is 13.0. The smallest absolute Gasteiger partial charge is 0.123 e. The Balaban J connectivity index is 2.10. The topological polar surface area (TPSA) is 56.7 Å². The third-order valence-corrected chi connectivity index (χ3v) is 3.57. The number of hydrogen-bond donors (Lipinski definition) is 1. The Bertz CT molecular complexity index is 602. The van der Waals surface area contributed by atoms with Crippen LogP contribution in [0.25, 0.3) is 12.2 Å². The number of unbranched alkanes of at least 4 members (excludes halogenated alkanes) is 3. The second-order valence-corrected chi connectivity index (χ2v) is 5.29. The van der Waals surface area contributed by atoms with E-state index < -0.39 is 0 Å². The van der Waals surface area contributed by atoms with Crippen LogP contribution < -0.4 is 5.73 Å². The summed E-state index contributed by atoms with van der Waals surface area (Å²) in [4.78, 5) is 0. The molecule has 4 nitrogen and oxygen atoms in total. The van der Waals surface area contributed by atoms with E-state index >= 15 is 0 Å². The third-order valence-electron chi connectivity index (χ3n) is 3.57. The van der Waals surface area contributed by atoms with Gasteiger partial charge in [0, 0.05) is 13.1 Å². The van der Waals surface area contributed by atoms with Gasteiger partial charge >= 0.3 is 0 Å². The fourth-order valence-corrected chi connectivity index (χ4v) is 2.29. The van der Waals surface area contributed by atoms with Crippen molar-refractivity contribution in [1.29, 1.82) is 0 Å². The highest BCUT2D eigenvalue weighted by atomic mass is 19.1. The predicted molar refractivity (Wildman–Crippen MR) is 87.4 cm³/mol. The van der Waals surface area contributed by atoms with Gasteiger partial charge in [0.05, 0.1) is 5.69 Å². The number of hydrogen-bond acceptors (Lipinski definition) is 3. The van der Waals surface area contributed by atoms with E-state index in [4.69, 9.17) is 5.73 Å². The zero-order chi connectivity index (χ0) is 15.8. The van der Waals surface area contributed by atoms with E-state index in [-0.39, 0.29) is 5.82 Å². The van der Waals surface area contributed by atoms with Crippen molar-refractivity contribution >= 4 is 12.2 Å². The highest BCUT2D eigenvalue weighted by Crippen LogP contribution is 2.13. The number of benzene rings is 1. The number of nitrogens with zero attached hydrogens (tertiary/aromatic N) is 3. The Morgan fingerprint density at radius 3 is 2.59 bits per heavy atom. The van der Waals surface area contributed by atoms with Crippen molar-refractivity contribution < 1.29 is 4.39 Å². The molecule has 0 radical (unpaired) electrons. The molecule has 5 heteroatoms. The van der Waals surface area contributed by atoms with Crippen LogP contribution in [0.5, 0.6) is 0 Å². The van der Waals surface area contributed by atoms with Crippen LogP contribution in [0.15, 0.2) is 24.3 Å². The molecular weight excluding hydrogens is 279 g/mol. The average molecular weight is 302 g/mol. The molecule has 0 aliphatic carbocycles. The first kappa shape index (κ1) is 16.4. The summed E-state index contributed by atoms with van der Waals surface area (Å²) in [5.41, 5.74) is 8.38. The number of halogens is 1. The van der Waals surface area contributed by atoms with Crippen molar-refractivity contribution in [3.8, 4) is 0 Å². The first-order valence-corrected chi connectivity index (χ1v) is 7.80. The molecule has 2 aromatic rings. The number of nitrogens with two attached hydrogens (primary N) is 1. The first-order valence-electron chi connectivity index (χ1n) is 7.80. The van der Waals surface area contributed by atoms with Crippen LogP contribution in [0.3, 0.4) is 0 Å². The van der Waals surface area contributed by atoms with Gasteiger partial charge < -0.3 is 5.73 Å². The van der Waals surface area contributed by atoms with Crippen molar-refractivity contribution in [2.45, 2.75) is 45.7 Å². The van der Waals surface area contributed by atoms with Gasteiger partial charge in [-0.15, -0.1) is 5.10 Å². The SMILES string of the molecule is CCCCCCn1nnc(CN)c1/C=C/c1ccc(F)cc1. The van der Waals surface area contributed by atoms with Crippen molar-refractivity contribution in [2.24, 2.45) is 5.73 Å². The van der Waals surface area contributed by atoms with Gasteiger partial charge in [0.25, 0.3) is 0 Å². The summed E-state index contributed by atoms with van der Waals surface area (Å²) in [5, 5.41) is 8.32. The van der Waals surface area contributed by atoms with Crippen LogP contribution in [0.2, 0.25) is 0 Å². The van der Waals surface area contributed by atoms with Crippen LogP contribution in [0, 0.1) is 5.82 Å². The van der Waals surface area contributed by atoms with Gasteiger partial charge in [-0.3, -0.25) is 0 Å². The molecule has 118 valence electrons. The number of rotatable bonds is 8. The van der Waals surface area contributed by atoms with E-state index in [9.17, 15) is 4.39 Å². The first-order chi connectivity index (χ1) is 10.7. The fraction of sp³-hybridized carbons (Fsp3) is 0.412. The quantitative estimate of drug-likeness (QED) is 0.758. The molecule has 0 amide bonds. The van der Waals surface area contributed by atoms with Gasteiger partial charge in [0.1, 0.15) is 11.5 Å². The third kappa shape index (κ3) is 4.49. The lowest BCUT2D eigenvalue weighted by molar-refractivity contribution is 0.525. The molecule has 2 N–H and O–H groups in total. The minimum absolute atomic E-state index is 0.234. The molecule has 1 aromatic carbocycles. The molecule has 0 bridgehead atoms. The van der Waals surface area contributed by atoms with Gasteiger partial charge in [-0.25, -0.2) is 9.07 Å².